The minimum Gasteiger partial charge on any atom is -0.508 e. The third kappa shape index (κ3) is 2.23. The fourth-order valence-corrected chi connectivity index (χ4v) is 1.72. The second-order valence-corrected chi connectivity index (χ2v) is 3.74. The van der Waals surface area contributed by atoms with Crippen LogP contribution in [0.15, 0.2) is 52.8 Å². The van der Waals surface area contributed by atoms with Crippen molar-refractivity contribution in [3.8, 4) is 5.75 Å². The molecule has 0 radical (unpaired) electrons. The molecule has 0 aliphatic rings. The van der Waals surface area contributed by atoms with E-state index in [1.54, 1.807) is 18.3 Å². The molecular weight excluding hydrogens is 196 g/mol. The molecule has 1 aromatic carbocycles. The molecule has 0 fully saturated rings. The summed E-state index contributed by atoms with van der Waals surface area (Å²) in [5.41, 5.74) is 0. The number of benzene rings is 1. The number of hydrogen-bond donors (Lipinski definition) is 1. The molecule has 0 spiro atoms. The molecule has 0 amide bonds. The van der Waals surface area contributed by atoms with Crippen molar-refractivity contribution in [3.05, 3.63) is 42.9 Å². The predicted molar refractivity (Wildman–Crippen MR) is 54.3 cm³/mol. The first kappa shape index (κ1) is 9.02. The van der Waals surface area contributed by atoms with Crippen molar-refractivity contribution >= 4 is 11.8 Å². The molecule has 0 saturated heterocycles. The molecule has 2 rings (SSSR count). The SMILES string of the molecule is Oc1ccc(Sc2ccncn2)cc1. The zero-order chi connectivity index (χ0) is 9.80. The Morgan fingerprint density at radius 3 is 2.50 bits per heavy atom. The van der Waals surface area contributed by atoms with Gasteiger partial charge in [0.15, 0.2) is 0 Å². The van der Waals surface area contributed by atoms with Gasteiger partial charge in [-0.05, 0) is 30.3 Å². The minimum atomic E-state index is 0.275. The molecule has 70 valence electrons. The van der Waals surface area contributed by atoms with Crippen LogP contribution in [0.5, 0.6) is 5.75 Å². The molecule has 0 unspecified atom stereocenters. The average Bonchev–Trinajstić information content (AvgIpc) is 2.23. The van der Waals surface area contributed by atoms with Crippen LogP contribution in [0.1, 0.15) is 0 Å². The van der Waals surface area contributed by atoms with Crippen LogP contribution < -0.4 is 0 Å². The fourth-order valence-electron chi connectivity index (χ4n) is 0.974. The summed E-state index contributed by atoms with van der Waals surface area (Å²) in [4.78, 5) is 8.97. The number of hydrogen-bond acceptors (Lipinski definition) is 4. The lowest BCUT2D eigenvalue weighted by atomic mass is 10.3. The molecule has 0 aliphatic heterocycles. The van der Waals surface area contributed by atoms with E-state index < -0.39 is 0 Å². The Hall–Kier alpha value is -1.55. The van der Waals surface area contributed by atoms with Gasteiger partial charge in [0.25, 0.3) is 0 Å². The molecule has 0 atom stereocenters. The lowest BCUT2D eigenvalue weighted by Crippen LogP contribution is -1.79. The van der Waals surface area contributed by atoms with Crippen LogP contribution in [0.3, 0.4) is 0 Å². The van der Waals surface area contributed by atoms with Gasteiger partial charge in [-0.1, -0.05) is 11.8 Å². The summed E-state index contributed by atoms with van der Waals surface area (Å²) in [6.07, 6.45) is 3.22. The summed E-state index contributed by atoms with van der Waals surface area (Å²) < 4.78 is 0. The van der Waals surface area contributed by atoms with Crippen LogP contribution >= 0.6 is 11.8 Å². The van der Waals surface area contributed by atoms with Gasteiger partial charge in [-0.3, -0.25) is 0 Å². The summed E-state index contributed by atoms with van der Waals surface area (Å²) in [5, 5.41) is 9.98. The summed E-state index contributed by atoms with van der Waals surface area (Å²) in [5.74, 6) is 0.275. The number of aromatic nitrogens is 2. The first-order valence-electron chi connectivity index (χ1n) is 4.07. The van der Waals surface area contributed by atoms with Crippen molar-refractivity contribution in [2.24, 2.45) is 0 Å². The highest BCUT2D eigenvalue weighted by molar-refractivity contribution is 7.99. The Morgan fingerprint density at radius 2 is 1.86 bits per heavy atom. The van der Waals surface area contributed by atoms with Gasteiger partial charge >= 0.3 is 0 Å². The van der Waals surface area contributed by atoms with Gasteiger partial charge in [0.1, 0.15) is 17.1 Å². The van der Waals surface area contributed by atoms with Gasteiger partial charge in [0.2, 0.25) is 0 Å². The van der Waals surface area contributed by atoms with Crippen molar-refractivity contribution in [3.63, 3.8) is 0 Å². The van der Waals surface area contributed by atoms with E-state index in [1.807, 2.05) is 18.2 Å². The summed E-state index contributed by atoms with van der Waals surface area (Å²) in [6, 6.07) is 8.86. The molecule has 4 heteroatoms. The Bertz CT molecular complexity index is 402. The highest BCUT2D eigenvalue weighted by Gasteiger charge is 1.97. The van der Waals surface area contributed by atoms with Crippen LogP contribution in [-0.4, -0.2) is 15.1 Å². The van der Waals surface area contributed by atoms with E-state index in [2.05, 4.69) is 9.97 Å². The lowest BCUT2D eigenvalue weighted by molar-refractivity contribution is 0.475. The van der Waals surface area contributed by atoms with Crippen LogP contribution in [0.2, 0.25) is 0 Å². The molecule has 1 N–H and O–H groups in total. The van der Waals surface area contributed by atoms with E-state index in [0.29, 0.717) is 0 Å². The number of rotatable bonds is 2. The molecule has 0 bridgehead atoms. The quantitative estimate of drug-likeness (QED) is 0.763. The van der Waals surface area contributed by atoms with E-state index in [0.717, 1.165) is 9.92 Å². The van der Waals surface area contributed by atoms with Gasteiger partial charge in [0.05, 0.1) is 0 Å². The maximum absolute atomic E-state index is 9.09. The van der Waals surface area contributed by atoms with Crippen molar-refractivity contribution < 1.29 is 5.11 Å². The maximum atomic E-state index is 9.09. The standard InChI is InChI=1S/C10H8N2OS/c13-8-1-3-9(4-2-8)14-10-5-6-11-7-12-10/h1-7,13H. The highest BCUT2D eigenvalue weighted by Crippen LogP contribution is 2.26. The topological polar surface area (TPSA) is 46.0 Å². The van der Waals surface area contributed by atoms with E-state index >= 15 is 0 Å². The Balaban J connectivity index is 2.16. The Kier molecular flexibility index (Phi) is 2.65. The molecule has 14 heavy (non-hydrogen) atoms. The molecule has 1 aromatic heterocycles. The maximum Gasteiger partial charge on any atom is 0.116 e. The number of phenols is 1. The number of phenolic OH excluding ortho intramolecular Hbond substituents is 1. The predicted octanol–water partition coefficient (Wildman–Crippen LogP) is 2.33. The molecular formula is C10H8N2OS. The van der Waals surface area contributed by atoms with Crippen LogP contribution in [0.4, 0.5) is 0 Å². The van der Waals surface area contributed by atoms with Crippen molar-refractivity contribution in [1.29, 1.82) is 0 Å². The molecule has 0 saturated carbocycles. The van der Waals surface area contributed by atoms with Gasteiger partial charge < -0.3 is 5.11 Å². The van der Waals surface area contributed by atoms with Crippen LogP contribution in [-0.2, 0) is 0 Å². The fraction of sp³-hybridized carbons (Fsp3) is 0. The van der Waals surface area contributed by atoms with E-state index in [9.17, 15) is 0 Å². The van der Waals surface area contributed by atoms with Crippen molar-refractivity contribution in [2.45, 2.75) is 9.92 Å². The monoisotopic (exact) mass is 204 g/mol. The van der Waals surface area contributed by atoms with Crippen LogP contribution in [0.25, 0.3) is 0 Å². The molecule has 2 aromatic rings. The normalized spacial score (nSPS) is 10.0. The third-order valence-electron chi connectivity index (χ3n) is 1.61. The van der Waals surface area contributed by atoms with Gasteiger partial charge in [-0.15, -0.1) is 0 Å². The third-order valence-corrected chi connectivity index (χ3v) is 2.57. The summed E-state index contributed by atoms with van der Waals surface area (Å²) in [6.45, 7) is 0. The first-order valence-corrected chi connectivity index (χ1v) is 4.89. The first-order chi connectivity index (χ1) is 6.84. The van der Waals surface area contributed by atoms with Crippen molar-refractivity contribution in [2.75, 3.05) is 0 Å². The number of aromatic hydroxyl groups is 1. The second-order valence-electron chi connectivity index (χ2n) is 2.64. The highest BCUT2D eigenvalue weighted by atomic mass is 32.2. The van der Waals surface area contributed by atoms with Gasteiger partial charge in [0, 0.05) is 11.1 Å². The lowest BCUT2D eigenvalue weighted by Gasteiger charge is -1.99. The molecule has 3 nitrogen and oxygen atoms in total. The Morgan fingerprint density at radius 1 is 1.07 bits per heavy atom. The zero-order valence-electron chi connectivity index (χ0n) is 7.29. The minimum absolute atomic E-state index is 0.275. The second kappa shape index (κ2) is 4.11. The zero-order valence-corrected chi connectivity index (χ0v) is 8.11. The number of nitrogens with zero attached hydrogens (tertiary/aromatic N) is 2. The molecule has 0 aliphatic carbocycles. The van der Waals surface area contributed by atoms with Gasteiger partial charge in [-0.25, -0.2) is 9.97 Å². The van der Waals surface area contributed by atoms with E-state index in [-0.39, 0.29) is 5.75 Å². The smallest absolute Gasteiger partial charge is 0.116 e. The summed E-state index contributed by atoms with van der Waals surface area (Å²) in [7, 11) is 0. The Labute approximate surface area is 85.8 Å². The van der Waals surface area contributed by atoms with E-state index in [4.69, 9.17) is 5.11 Å². The average molecular weight is 204 g/mol. The largest absolute Gasteiger partial charge is 0.508 e. The van der Waals surface area contributed by atoms with Crippen LogP contribution in [0, 0.1) is 0 Å². The van der Waals surface area contributed by atoms with Gasteiger partial charge in [-0.2, -0.15) is 0 Å². The van der Waals surface area contributed by atoms with E-state index in [1.165, 1.54) is 18.1 Å². The molecule has 1 heterocycles. The summed E-state index contributed by atoms with van der Waals surface area (Å²) >= 11 is 1.53. The van der Waals surface area contributed by atoms with Crippen molar-refractivity contribution in [1.82, 2.24) is 9.97 Å².